The van der Waals surface area contributed by atoms with E-state index in [2.05, 4.69) is 0 Å². The van der Waals surface area contributed by atoms with E-state index < -0.39 is 0 Å². The molecule has 0 bridgehead atoms. The molecule has 1 aliphatic carbocycles. The fourth-order valence-electron chi connectivity index (χ4n) is 2.33. The second-order valence-corrected chi connectivity index (χ2v) is 4.45. The van der Waals surface area contributed by atoms with Gasteiger partial charge in [-0.15, -0.1) is 0 Å². The molecule has 1 saturated carbocycles. The number of anilines is 1. The number of benzene rings is 1. The van der Waals surface area contributed by atoms with E-state index in [0.29, 0.717) is 24.8 Å². The lowest BCUT2D eigenvalue weighted by atomic mass is 9.90. The average molecular weight is 238 g/mol. The molecule has 0 unspecified atom stereocenters. The summed E-state index contributed by atoms with van der Waals surface area (Å²) in [5.41, 5.74) is 7.05. The first-order chi connectivity index (χ1) is 8.27. The van der Waals surface area contributed by atoms with Crippen molar-refractivity contribution in [3.63, 3.8) is 0 Å². The Bertz CT molecular complexity index is 380. The van der Waals surface area contributed by atoms with Crippen molar-refractivity contribution >= 4 is 5.69 Å². The van der Waals surface area contributed by atoms with Gasteiger partial charge in [0.05, 0.1) is 12.3 Å². The van der Waals surface area contributed by atoms with Gasteiger partial charge in [-0.3, -0.25) is 0 Å². The van der Waals surface area contributed by atoms with Crippen molar-refractivity contribution in [2.24, 2.45) is 5.73 Å². The summed E-state index contributed by atoms with van der Waals surface area (Å²) in [5.74, 6) is -0.242. The van der Waals surface area contributed by atoms with Crippen LogP contribution >= 0.6 is 0 Å². The Morgan fingerprint density at radius 1 is 1.41 bits per heavy atom. The number of hydrogen-bond donors (Lipinski definition) is 2. The van der Waals surface area contributed by atoms with E-state index >= 15 is 0 Å². The van der Waals surface area contributed by atoms with Gasteiger partial charge >= 0.3 is 0 Å². The number of nitrogens with zero attached hydrogens (tertiary/aromatic N) is 1. The molecule has 1 aromatic rings. The number of hydrogen-bond acceptors (Lipinski definition) is 3. The van der Waals surface area contributed by atoms with E-state index in [1.54, 1.807) is 6.07 Å². The lowest BCUT2D eigenvalue weighted by Crippen LogP contribution is -2.43. The van der Waals surface area contributed by atoms with Crippen LogP contribution in [-0.4, -0.2) is 24.3 Å². The molecule has 1 aromatic carbocycles. The van der Waals surface area contributed by atoms with Crippen LogP contribution in [0.15, 0.2) is 18.2 Å². The molecular formula is C13H19FN2O. The van der Waals surface area contributed by atoms with Crippen molar-refractivity contribution in [3.05, 3.63) is 29.6 Å². The lowest BCUT2D eigenvalue weighted by Gasteiger charge is -2.40. The molecule has 94 valence electrons. The first-order valence-electron chi connectivity index (χ1n) is 6.13. The van der Waals surface area contributed by atoms with Gasteiger partial charge in [0, 0.05) is 19.1 Å². The van der Waals surface area contributed by atoms with Crippen LogP contribution in [0.3, 0.4) is 0 Å². The molecule has 0 aromatic heterocycles. The lowest BCUT2D eigenvalue weighted by molar-refractivity contribution is 0.282. The molecule has 0 aliphatic heterocycles. The Hall–Kier alpha value is -1.13. The molecule has 0 saturated heterocycles. The zero-order valence-corrected chi connectivity index (χ0v) is 9.90. The third-order valence-electron chi connectivity index (χ3n) is 3.43. The summed E-state index contributed by atoms with van der Waals surface area (Å²) < 4.78 is 14.0. The molecular weight excluding hydrogens is 219 g/mol. The average Bonchev–Trinajstić information content (AvgIpc) is 2.26. The monoisotopic (exact) mass is 238 g/mol. The standard InChI is InChI=1S/C13H19FN2O/c14-12-6-1-3-10(9-15)13(12)16(7-8-17)11-4-2-5-11/h1,3,6,11,17H,2,4-5,7-9,15H2. The van der Waals surface area contributed by atoms with Crippen molar-refractivity contribution < 1.29 is 9.50 Å². The van der Waals surface area contributed by atoms with E-state index in [-0.39, 0.29) is 12.4 Å². The van der Waals surface area contributed by atoms with E-state index in [1.807, 2.05) is 11.0 Å². The zero-order chi connectivity index (χ0) is 12.3. The fraction of sp³-hybridized carbons (Fsp3) is 0.538. The van der Waals surface area contributed by atoms with Gasteiger partial charge < -0.3 is 15.7 Å². The van der Waals surface area contributed by atoms with Crippen LogP contribution in [0.25, 0.3) is 0 Å². The predicted octanol–water partition coefficient (Wildman–Crippen LogP) is 1.64. The van der Waals surface area contributed by atoms with Gasteiger partial charge in [0.15, 0.2) is 0 Å². The van der Waals surface area contributed by atoms with Crippen molar-refractivity contribution in [3.8, 4) is 0 Å². The molecule has 0 spiro atoms. The Balaban J connectivity index is 2.33. The van der Waals surface area contributed by atoms with Gasteiger partial charge in [-0.2, -0.15) is 0 Å². The van der Waals surface area contributed by atoms with Gasteiger partial charge in [-0.25, -0.2) is 4.39 Å². The summed E-state index contributed by atoms with van der Waals surface area (Å²) in [6.07, 6.45) is 3.32. The molecule has 0 radical (unpaired) electrons. The Kier molecular flexibility index (Phi) is 3.97. The SMILES string of the molecule is NCc1cccc(F)c1N(CCO)C1CCC1. The molecule has 0 amide bonds. The largest absolute Gasteiger partial charge is 0.395 e. The molecule has 3 N–H and O–H groups in total. The summed E-state index contributed by atoms with van der Waals surface area (Å²) in [4.78, 5) is 1.97. The van der Waals surface area contributed by atoms with Gasteiger partial charge in [-0.05, 0) is 30.9 Å². The molecule has 1 aliphatic rings. The summed E-state index contributed by atoms with van der Waals surface area (Å²) in [6.45, 7) is 0.829. The normalized spacial score (nSPS) is 15.7. The Labute approximate surface area is 101 Å². The van der Waals surface area contributed by atoms with Crippen LogP contribution in [-0.2, 0) is 6.54 Å². The minimum atomic E-state index is -0.242. The topological polar surface area (TPSA) is 49.5 Å². The highest BCUT2D eigenvalue weighted by molar-refractivity contribution is 5.56. The van der Waals surface area contributed by atoms with Crippen LogP contribution in [0.2, 0.25) is 0 Å². The third kappa shape index (κ3) is 2.42. The van der Waals surface area contributed by atoms with Crippen LogP contribution < -0.4 is 10.6 Å². The van der Waals surface area contributed by atoms with Gasteiger partial charge in [-0.1, -0.05) is 12.1 Å². The first-order valence-corrected chi connectivity index (χ1v) is 6.13. The van der Waals surface area contributed by atoms with Crippen molar-refractivity contribution in [1.82, 2.24) is 0 Å². The Morgan fingerprint density at radius 3 is 2.71 bits per heavy atom. The van der Waals surface area contributed by atoms with Crippen molar-refractivity contribution in [2.45, 2.75) is 31.8 Å². The van der Waals surface area contributed by atoms with Gasteiger partial charge in [0.25, 0.3) is 0 Å². The molecule has 0 atom stereocenters. The van der Waals surface area contributed by atoms with E-state index in [1.165, 1.54) is 12.5 Å². The highest BCUT2D eigenvalue weighted by Crippen LogP contribution is 2.33. The zero-order valence-electron chi connectivity index (χ0n) is 9.90. The van der Waals surface area contributed by atoms with Gasteiger partial charge in [0.2, 0.25) is 0 Å². The maximum absolute atomic E-state index is 14.0. The van der Waals surface area contributed by atoms with E-state index in [9.17, 15) is 4.39 Å². The first kappa shape index (κ1) is 12.3. The quantitative estimate of drug-likeness (QED) is 0.819. The predicted molar refractivity (Wildman–Crippen MR) is 66.4 cm³/mol. The third-order valence-corrected chi connectivity index (χ3v) is 3.43. The second kappa shape index (κ2) is 5.47. The van der Waals surface area contributed by atoms with Crippen LogP contribution in [0, 0.1) is 5.82 Å². The summed E-state index contributed by atoms with van der Waals surface area (Å²) >= 11 is 0. The second-order valence-electron chi connectivity index (χ2n) is 4.45. The summed E-state index contributed by atoms with van der Waals surface area (Å²) in [6, 6.07) is 5.34. The highest BCUT2D eigenvalue weighted by Gasteiger charge is 2.27. The van der Waals surface area contributed by atoms with E-state index in [0.717, 1.165) is 18.4 Å². The maximum Gasteiger partial charge on any atom is 0.146 e. The van der Waals surface area contributed by atoms with Crippen molar-refractivity contribution in [2.75, 3.05) is 18.1 Å². The molecule has 1 fully saturated rings. The molecule has 2 rings (SSSR count). The smallest absolute Gasteiger partial charge is 0.146 e. The maximum atomic E-state index is 14.0. The van der Waals surface area contributed by atoms with Crippen LogP contribution in [0.1, 0.15) is 24.8 Å². The number of nitrogens with two attached hydrogens (primary N) is 1. The summed E-state index contributed by atoms with van der Waals surface area (Å²) in [5, 5.41) is 9.13. The minimum absolute atomic E-state index is 0.0366. The summed E-state index contributed by atoms with van der Waals surface area (Å²) in [7, 11) is 0. The van der Waals surface area contributed by atoms with E-state index in [4.69, 9.17) is 10.8 Å². The van der Waals surface area contributed by atoms with Gasteiger partial charge in [0.1, 0.15) is 5.82 Å². The molecule has 17 heavy (non-hydrogen) atoms. The number of rotatable bonds is 5. The minimum Gasteiger partial charge on any atom is -0.395 e. The Morgan fingerprint density at radius 2 is 2.18 bits per heavy atom. The molecule has 0 heterocycles. The van der Waals surface area contributed by atoms with Crippen LogP contribution in [0.5, 0.6) is 0 Å². The number of halogens is 1. The molecule has 3 nitrogen and oxygen atoms in total. The fourth-order valence-corrected chi connectivity index (χ4v) is 2.33. The number of para-hydroxylation sites is 1. The molecule has 4 heteroatoms. The van der Waals surface area contributed by atoms with Crippen molar-refractivity contribution in [1.29, 1.82) is 0 Å². The highest BCUT2D eigenvalue weighted by atomic mass is 19.1. The van der Waals surface area contributed by atoms with Crippen LogP contribution in [0.4, 0.5) is 10.1 Å². The number of aliphatic hydroxyl groups excluding tert-OH is 1. The number of aliphatic hydroxyl groups is 1.